The number of benzene rings is 4. The molecule has 2 N–H and O–H groups in total. The van der Waals surface area contributed by atoms with Crippen molar-refractivity contribution in [3.63, 3.8) is 0 Å². The molecule has 294 valence electrons. The Morgan fingerprint density at radius 2 is 1.45 bits per heavy atom. The van der Waals surface area contributed by atoms with Crippen molar-refractivity contribution in [2.75, 3.05) is 32.7 Å². The molecule has 13 nitrogen and oxygen atoms in total. The second-order valence-electron chi connectivity index (χ2n) is 13.9. The highest BCUT2D eigenvalue weighted by Crippen LogP contribution is 2.48. The van der Waals surface area contributed by atoms with Gasteiger partial charge < -0.3 is 38.4 Å². The van der Waals surface area contributed by atoms with Crippen LogP contribution >= 0.6 is 7.60 Å². The predicted octanol–water partition coefficient (Wildman–Crippen LogP) is 6.48. The quantitative estimate of drug-likeness (QED) is 0.106. The highest BCUT2D eigenvalue weighted by Gasteiger charge is 2.44. The van der Waals surface area contributed by atoms with Crippen LogP contribution in [0.25, 0.3) is 0 Å². The Balaban J connectivity index is 1.14. The molecule has 0 saturated carbocycles. The molecule has 1 amide bonds. The van der Waals surface area contributed by atoms with Crippen LogP contribution in [0.15, 0.2) is 120 Å². The summed E-state index contributed by atoms with van der Waals surface area (Å²) in [6, 6.07) is 31.2. The van der Waals surface area contributed by atoms with Crippen LogP contribution in [0.2, 0.25) is 0 Å². The van der Waals surface area contributed by atoms with Gasteiger partial charge in [-0.15, -0.1) is 0 Å². The normalized spacial score (nSPS) is 19.4. The smallest absolute Gasteiger partial charge is 0.468 e. The van der Waals surface area contributed by atoms with Gasteiger partial charge in [0.25, 0.3) is 0 Å². The number of carbonyl (C=O) groups excluding carboxylic acids is 1. The minimum Gasteiger partial charge on any atom is -0.479 e. The molecular formula is C40H47N2O11PS. The zero-order chi connectivity index (χ0) is 38.8. The molecule has 5 atom stereocenters. The van der Waals surface area contributed by atoms with E-state index in [4.69, 9.17) is 28.0 Å². The van der Waals surface area contributed by atoms with E-state index in [1.165, 1.54) is 28.6 Å². The summed E-state index contributed by atoms with van der Waals surface area (Å²) in [7, 11) is -8.06. The highest BCUT2D eigenvalue weighted by atomic mass is 32.2. The molecule has 2 aliphatic rings. The summed E-state index contributed by atoms with van der Waals surface area (Å²) in [6.45, 7) is 4.27. The van der Waals surface area contributed by atoms with Crippen LogP contribution in [0.1, 0.15) is 25.8 Å². The Bertz CT molecular complexity index is 1930. The maximum Gasteiger partial charge on any atom is 0.468 e. The van der Waals surface area contributed by atoms with Gasteiger partial charge in [0.1, 0.15) is 23.4 Å². The Morgan fingerprint density at radius 3 is 2.05 bits per heavy atom. The van der Waals surface area contributed by atoms with E-state index in [0.29, 0.717) is 24.5 Å². The van der Waals surface area contributed by atoms with Gasteiger partial charge in [0, 0.05) is 13.1 Å². The molecule has 55 heavy (non-hydrogen) atoms. The minimum absolute atomic E-state index is 0.0431. The van der Waals surface area contributed by atoms with Gasteiger partial charge in [-0.25, -0.2) is 17.8 Å². The largest absolute Gasteiger partial charge is 0.479 e. The topological polar surface area (TPSA) is 159 Å². The van der Waals surface area contributed by atoms with Gasteiger partial charge in [0.15, 0.2) is 6.29 Å². The number of para-hydroxylation sites is 2. The van der Waals surface area contributed by atoms with Crippen LogP contribution in [-0.4, -0.2) is 81.1 Å². The first-order chi connectivity index (χ1) is 26.5. The van der Waals surface area contributed by atoms with Crippen molar-refractivity contribution < 1.29 is 50.9 Å². The summed E-state index contributed by atoms with van der Waals surface area (Å²) in [5.74, 6) is 0.733. The first kappa shape index (κ1) is 40.2. The van der Waals surface area contributed by atoms with Gasteiger partial charge in [-0.05, 0) is 72.9 Å². The molecule has 0 aromatic heterocycles. The van der Waals surface area contributed by atoms with Crippen molar-refractivity contribution in [1.29, 1.82) is 0 Å². The number of rotatable bonds is 18. The Hall–Kier alpha value is -4.43. The van der Waals surface area contributed by atoms with Crippen molar-refractivity contribution in [3.8, 4) is 17.2 Å². The number of carbonyl (C=O) groups is 1. The number of ether oxygens (including phenoxy) is 4. The molecule has 4 aromatic rings. The minimum atomic E-state index is -4.16. The van der Waals surface area contributed by atoms with Crippen LogP contribution in [0.3, 0.4) is 0 Å². The summed E-state index contributed by atoms with van der Waals surface area (Å²) < 4.78 is 77.6. The van der Waals surface area contributed by atoms with E-state index in [2.05, 4.69) is 5.32 Å². The number of aliphatic hydroxyl groups excluding tert-OH is 1. The zero-order valence-corrected chi connectivity index (χ0v) is 32.4. The number of amides is 1. The number of hydrogen-bond acceptors (Lipinski definition) is 11. The van der Waals surface area contributed by atoms with Crippen LogP contribution in [0, 0.1) is 11.8 Å². The Morgan fingerprint density at radius 1 is 0.855 bits per heavy atom. The highest BCUT2D eigenvalue weighted by molar-refractivity contribution is 7.89. The Labute approximate surface area is 322 Å². The molecule has 6 rings (SSSR count). The van der Waals surface area contributed by atoms with Crippen molar-refractivity contribution in [2.24, 2.45) is 11.8 Å². The third kappa shape index (κ3) is 11.1. The van der Waals surface area contributed by atoms with Gasteiger partial charge in [-0.3, -0.25) is 0 Å². The summed E-state index contributed by atoms with van der Waals surface area (Å²) >= 11 is 0. The summed E-state index contributed by atoms with van der Waals surface area (Å²) in [6.07, 6.45) is -2.47. The van der Waals surface area contributed by atoms with Gasteiger partial charge in [0.05, 0.1) is 36.2 Å². The number of fused-ring (bicyclic) bond motifs is 1. The maximum atomic E-state index is 14.1. The van der Waals surface area contributed by atoms with Crippen molar-refractivity contribution >= 4 is 23.7 Å². The molecule has 2 fully saturated rings. The SMILES string of the molecule is CC(C)CN(C[C@@H](O)[C@H](Cc1ccccc1)NC(=O)O[C@H]1CO[C@H]2OCC[C@H]21)S(=O)(=O)c1ccc(OCP(=O)(Oc2ccccc2)Oc2ccccc2)cc1. The molecule has 0 radical (unpaired) electrons. The second-order valence-corrected chi connectivity index (χ2v) is 17.6. The van der Waals surface area contributed by atoms with Crippen molar-refractivity contribution in [2.45, 2.75) is 56.1 Å². The average molecular weight is 795 g/mol. The lowest BCUT2D eigenvalue weighted by atomic mass is 10.0. The lowest BCUT2D eigenvalue weighted by molar-refractivity contribution is -0.0907. The molecule has 2 saturated heterocycles. The molecule has 0 bridgehead atoms. The van der Waals surface area contributed by atoms with Crippen LogP contribution in [0.4, 0.5) is 4.79 Å². The van der Waals surface area contributed by atoms with E-state index in [1.807, 2.05) is 44.2 Å². The van der Waals surface area contributed by atoms with Gasteiger partial charge in [-0.1, -0.05) is 80.6 Å². The third-order valence-electron chi connectivity index (χ3n) is 9.10. The number of hydrogen-bond donors (Lipinski definition) is 2. The first-order valence-electron chi connectivity index (χ1n) is 18.2. The van der Waals surface area contributed by atoms with Crippen molar-refractivity contribution in [3.05, 3.63) is 121 Å². The number of alkyl carbamates (subject to hydrolysis) is 1. The van der Waals surface area contributed by atoms with Crippen LogP contribution in [-0.2, 0) is 35.2 Å². The summed E-state index contributed by atoms with van der Waals surface area (Å²) in [5, 5.41) is 14.4. The summed E-state index contributed by atoms with van der Waals surface area (Å²) in [4.78, 5) is 13.1. The van der Waals surface area contributed by atoms with Crippen LogP contribution < -0.4 is 19.1 Å². The fourth-order valence-electron chi connectivity index (χ4n) is 6.40. The molecule has 0 spiro atoms. The first-order valence-corrected chi connectivity index (χ1v) is 21.4. The van der Waals surface area contributed by atoms with E-state index in [-0.39, 0.29) is 48.6 Å². The van der Waals surface area contributed by atoms with Crippen molar-refractivity contribution in [1.82, 2.24) is 9.62 Å². The fraction of sp³-hybridized carbons (Fsp3) is 0.375. The zero-order valence-electron chi connectivity index (χ0n) is 30.7. The Kier molecular flexibility index (Phi) is 13.5. The lowest BCUT2D eigenvalue weighted by Crippen LogP contribution is -2.51. The van der Waals surface area contributed by atoms with Gasteiger partial charge >= 0.3 is 13.7 Å². The van der Waals surface area contributed by atoms with Gasteiger partial charge in [0.2, 0.25) is 16.4 Å². The van der Waals surface area contributed by atoms with E-state index >= 15 is 0 Å². The number of sulfonamides is 1. The molecule has 2 heterocycles. The molecular weight excluding hydrogens is 747 g/mol. The number of nitrogens with zero attached hydrogens (tertiary/aromatic N) is 1. The van der Waals surface area contributed by atoms with Gasteiger partial charge in [-0.2, -0.15) is 4.31 Å². The number of nitrogens with one attached hydrogen (secondary N) is 1. The third-order valence-corrected chi connectivity index (χ3v) is 12.4. The average Bonchev–Trinajstić information content (AvgIpc) is 3.80. The molecule has 2 aliphatic heterocycles. The molecule has 15 heteroatoms. The van der Waals surface area contributed by atoms with E-state index < -0.39 is 54.6 Å². The number of aliphatic hydroxyl groups is 1. The molecule has 0 unspecified atom stereocenters. The van der Waals surface area contributed by atoms with E-state index in [9.17, 15) is 22.9 Å². The van der Waals surface area contributed by atoms with Crippen LogP contribution in [0.5, 0.6) is 17.2 Å². The lowest BCUT2D eigenvalue weighted by Gasteiger charge is -2.31. The monoisotopic (exact) mass is 794 g/mol. The maximum absolute atomic E-state index is 14.1. The van der Waals surface area contributed by atoms with E-state index in [1.54, 1.807) is 60.7 Å². The molecule has 4 aromatic carbocycles. The second kappa shape index (κ2) is 18.5. The predicted molar refractivity (Wildman–Crippen MR) is 204 cm³/mol. The van der Waals surface area contributed by atoms with E-state index in [0.717, 1.165) is 5.56 Å². The standard InChI is InChI=1S/C40H47N2O11PS/c1-29(2)25-42(26-37(43)36(24-30-12-6-3-7-13-30)41-40(44)51-38-27-49-39-35(38)22-23-48-39)55(46,47)34-20-18-31(19-21-34)50-28-54(45,52-32-14-8-4-9-15-32)53-33-16-10-5-11-17-33/h3-21,29,35-39,43H,22-28H2,1-2H3,(H,41,44)/t35-,36-,37+,38-,39+/m0/s1. The summed E-state index contributed by atoms with van der Waals surface area (Å²) in [5.41, 5.74) is 0.835. The fourth-order valence-corrected chi connectivity index (χ4v) is 9.36. The molecule has 0 aliphatic carbocycles.